The largest absolute Gasteiger partial charge is 0.369 e. The number of rotatable bonds is 7. The number of hydrogen-bond donors (Lipinski definition) is 2. The van der Waals surface area contributed by atoms with Crippen LogP contribution in [-0.4, -0.2) is 26.5 Å². The van der Waals surface area contributed by atoms with Crippen LogP contribution in [0.2, 0.25) is 0 Å². The van der Waals surface area contributed by atoms with Gasteiger partial charge in [0.15, 0.2) is 0 Å². The summed E-state index contributed by atoms with van der Waals surface area (Å²) in [6.07, 6.45) is 3.79. The summed E-state index contributed by atoms with van der Waals surface area (Å²) in [6, 6.07) is 3.23. The Bertz CT molecular complexity index is 566. The highest BCUT2D eigenvalue weighted by atomic mass is 32.2. The molecule has 20 heavy (non-hydrogen) atoms. The zero-order chi connectivity index (χ0) is 14.8. The SMILES string of the molecule is CCNc1ncccc1S(=O)(=O)NCC1(C(C)C)CC1. The first kappa shape index (κ1) is 15.3. The monoisotopic (exact) mass is 297 g/mol. The van der Waals surface area contributed by atoms with Gasteiger partial charge in [-0.2, -0.15) is 0 Å². The van der Waals surface area contributed by atoms with E-state index in [9.17, 15) is 8.42 Å². The fourth-order valence-electron chi connectivity index (χ4n) is 2.34. The third-order valence-electron chi connectivity index (χ3n) is 4.14. The lowest BCUT2D eigenvalue weighted by atomic mass is 9.93. The van der Waals surface area contributed by atoms with E-state index in [2.05, 4.69) is 28.9 Å². The molecule has 1 saturated carbocycles. The summed E-state index contributed by atoms with van der Waals surface area (Å²) < 4.78 is 27.6. The maximum atomic E-state index is 12.4. The highest BCUT2D eigenvalue weighted by Gasteiger charge is 2.45. The molecule has 1 aliphatic carbocycles. The lowest BCUT2D eigenvalue weighted by molar-refractivity contribution is 0.357. The third-order valence-corrected chi connectivity index (χ3v) is 5.57. The Morgan fingerprint density at radius 1 is 1.40 bits per heavy atom. The molecule has 0 radical (unpaired) electrons. The van der Waals surface area contributed by atoms with E-state index in [1.54, 1.807) is 18.3 Å². The molecule has 2 rings (SSSR count). The molecule has 0 unspecified atom stereocenters. The van der Waals surface area contributed by atoms with E-state index in [0.717, 1.165) is 12.8 Å². The van der Waals surface area contributed by atoms with Crippen molar-refractivity contribution in [2.24, 2.45) is 11.3 Å². The van der Waals surface area contributed by atoms with Crippen molar-refractivity contribution in [2.75, 3.05) is 18.4 Å². The van der Waals surface area contributed by atoms with Crippen molar-refractivity contribution < 1.29 is 8.42 Å². The van der Waals surface area contributed by atoms with E-state index >= 15 is 0 Å². The summed E-state index contributed by atoms with van der Waals surface area (Å²) >= 11 is 0. The minimum atomic E-state index is -3.51. The van der Waals surface area contributed by atoms with E-state index in [0.29, 0.717) is 24.8 Å². The molecule has 6 heteroatoms. The average molecular weight is 297 g/mol. The fourth-order valence-corrected chi connectivity index (χ4v) is 3.61. The van der Waals surface area contributed by atoms with Gasteiger partial charge in [-0.3, -0.25) is 0 Å². The first-order valence-electron chi connectivity index (χ1n) is 7.10. The Morgan fingerprint density at radius 3 is 2.65 bits per heavy atom. The van der Waals surface area contributed by atoms with Gasteiger partial charge in [0.2, 0.25) is 10.0 Å². The van der Waals surface area contributed by atoms with Gasteiger partial charge in [0.05, 0.1) is 0 Å². The summed E-state index contributed by atoms with van der Waals surface area (Å²) in [5.41, 5.74) is 0.146. The van der Waals surface area contributed by atoms with Gasteiger partial charge in [-0.25, -0.2) is 18.1 Å². The molecule has 0 amide bonds. The average Bonchev–Trinajstić information content (AvgIpc) is 3.19. The Labute approximate surface area is 121 Å². The molecule has 0 saturated heterocycles. The normalized spacial score (nSPS) is 17.2. The zero-order valence-corrected chi connectivity index (χ0v) is 13.1. The maximum Gasteiger partial charge on any atom is 0.244 e. The molecule has 0 atom stereocenters. The Morgan fingerprint density at radius 2 is 2.10 bits per heavy atom. The molecule has 1 aromatic heterocycles. The number of aromatic nitrogens is 1. The summed E-state index contributed by atoms with van der Waals surface area (Å²) in [5.74, 6) is 0.907. The molecule has 0 spiro atoms. The molecule has 112 valence electrons. The predicted octanol–water partition coefficient (Wildman–Crippen LogP) is 2.23. The van der Waals surface area contributed by atoms with Crippen LogP contribution in [0, 0.1) is 11.3 Å². The third kappa shape index (κ3) is 3.12. The second kappa shape index (κ2) is 5.69. The minimum absolute atomic E-state index is 0.146. The van der Waals surface area contributed by atoms with Gasteiger partial charge in [-0.1, -0.05) is 13.8 Å². The van der Waals surface area contributed by atoms with Gasteiger partial charge in [0.25, 0.3) is 0 Å². The number of anilines is 1. The number of sulfonamides is 1. The van der Waals surface area contributed by atoms with Crippen LogP contribution < -0.4 is 10.0 Å². The van der Waals surface area contributed by atoms with Crippen molar-refractivity contribution in [3.05, 3.63) is 18.3 Å². The molecule has 1 heterocycles. The van der Waals surface area contributed by atoms with Gasteiger partial charge in [-0.15, -0.1) is 0 Å². The van der Waals surface area contributed by atoms with Gasteiger partial charge >= 0.3 is 0 Å². The van der Waals surface area contributed by atoms with Gasteiger partial charge < -0.3 is 5.32 Å². The second-order valence-corrected chi connectivity index (χ2v) is 7.46. The topological polar surface area (TPSA) is 71.1 Å². The van der Waals surface area contributed by atoms with Crippen molar-refractivity contribution >= 4 is 15.8 Å². The molecule has 0 aliphatic heterocycles. The van der Waals surface area contributed by atoms with Crippen LogP contribution in [0.1, 0.15) is 33.6 Å². The molecule has 1 aromatic rings. The number of nitrogens with zero attached hydrogens (tertiary/aromatic N) is 1. The van der Waals surface area contributed by atoms with E-state index in [-0.39, 0.29) is 10.3 Å². The summed E-state index contributed by atoms with van der Waals surface area (Å²) in [7, 11) is -3.51. The molecule has 1 aliphatic rings. The molecule has 0 aromatic carbocycles. The predicted molar refractivity (Wildman–Crippen MR) is 80.1 cm³/mol. The molecule has 2 N–H and O–H groups in total. The van der Waals surface area contributed by atoms with Gasteiger partial charge in [-0.05, 0) is 43.2 Å². The van der Waals surface area contributed by atoms with Crippen molar-refractivity contribution in [1.29, 1.82) is 0 Å². The number of nitrogens with one attached hydrogen (secondary N) is 2. The smallest absolute Gasteiger partial charge is 0.244 e. The number of hydrogen-bond acceptors (Lipinski definition) is 4. The number of pyridine rings is 1. The van der Waals surface area contributed by atoms with Crippen molar-refractivity contribution in [2.45, 2.75) is 38.5 Å². The maximum absolute atomic E-state index is 12.4. The quantitative estimate of drug-likeness (QED) is 0.809. The standard InChI is InChI=1S/C14H23N3O2S/c1-4-15-13-12(6-5-9-16-13)20(18,19)17-10-14(7-8-14)11(2)3/h5-6,9,11,17H,4,7-8,10H2,1-3H3,(H,15,16). The molecular formula is C14H23N3O2S. The first-order chi connectivity index (χ1) is 9.41. The summed E-state index contributed by atoms with van der Waals surface area (Å²) in [6.45, 7) is 7.35. The second-order valence-electron chi connectivity index (χ2n) is 5.72. The Hall–Kier alpha value is -1.14. The Balaban J connectivity index is 2.15. The minimum Gasteiger partial charge on any atom is -0.369 e. The van der Waals surface area contributed by atoms with Gasteiger partial charge in [0.1, 0.15) is 10.7 Å². The van der Waals surface area contributed by atoms with E-state index in [1.165, 1.54) is 0 Å². The van der Waals surface area contributed by atoms with Crippen LogP contribution in [0.4, 0.5) is 5.82 Å². The molecule has 0 bridgehead atoms. The first-order valence-corrected chi connectivity index (χ1v) is 8.58. The molecule has 5 nitrogen and oxygen atoms in total. The van der Waals surface area contributed by atoms with E-state index in [1.807, 2.05) is 6.92 Å². The Kier molecular flexibility index (Phi) is 4.34. The highest BCUT2D eigenvalue weighted by Crippen LogP contribution is 2.51. The van der Waals surface area contributed by atoms with Crippen molar-refractivity contribution in [3.63, 3.8) is 0 Å². The van der Waals surface area contributed by atoms with Crippen molar-refractivity contribution in [3.8, 4) is 0 Å². The van der Waals surface area contributed by atoms with Crippen molar-refractivity contribution in [1.82, 2.24) is 9.71 Å². The fraction of sp³-hybridized carbons (Fsp3) is 0.643. The van der Waals surface area contributed by atoms with Crippen LogP contribution in [0.3, 0.4) is 0 Å². The van der Waals surface area contributed by atoms with E-state index < -0.39 is 10.0 Å². The summed E-state index contributed by atoms with van der Waals surface area (Å²) in [4.78, 5) is 4.32. The molecule has 1 fully saturated rings. The van der Waals surface area contributed by atoms with Crippen LogP contribution >= 0.6 is 0 Å². The lowest BCUT2D eigenvalue weighted by Crippen LogP contribution is -2.33. The summed E-state index contributed by atoms with van der Waals surface area (Å²) in [5, 5.41) is 2.99. The highest BCUT2D eigenvalue weighted by molar-refractivity contribution is 7.89. The molecular weight excluding hydrogens is 274 g/mol. The van der Waals surface area contributed by atoms with Crippen LogP contribution in [0.5, 0.6) is 0 Å². The van der Waals surface area contributed by atoms with Crippen LogP contribution in [-0.2, 0) is 10.0 Å². The zero-order valence-electron chi connectivity index (χ0n) is 12.3. The van der Waals surface area contributed by atoms with Gasteiger partial charge in [0, 0.05) is 19.3 Å². The van der Waals surface area contributed by atoms with Crippen LogP contribution in [0.15, 0.2) is 23.2 Å². The van der Waals surface area contributed by atoms with E-state index in [4.69, 9.17) is 0 Å². The van der Waals surface area contributed by atoms with Crippen LogP contribution in [0.25, 0.3) is 0 Å². The lowest BCUT2D eigenvalue weighted by Gasteiger charge is -2.20.